The third-order valence-corrected chi connectivity index (χ3v) is 6.04. The summed E-state index contributed by atoms with van der Waals surface area (Å²) in [5.41, 5.74) is 6.29. The molecule has 1 aliphatic heterocycles. The summed E-state index contributed by atoms with van der Waals surface area (Å²) in [6, 6.07) is 8.21. The molecule has 0 radical (unpaired) electrons. The van der Waals surface area contributed by atoms with Crippen LogP contribution >= 0.6 is 11.6 Å². The zero-order chi connectivity index (χ0) is 21.3. The van der Waals surface area contributed by atoms with Crippen LogP contribution in [0.4, 0.5) is 5.69 Å². The number of hydrogen-bond donors (Lipinski definition) is 2. The van der Waals surface area contributed by atoms with E-state index in [9.17, 15) is 4.79 Å². The van der Waals surface area contributed by atoms with Gasteiger partial charge in [-0.15, -0.1) is 0 Å². The van der Waals surface area contributed by atoms with Gasteiger partial charge in [-0.05, 0) is 50.2 Å². The number of aromatic nitrogens is 3. The zero-order valence-corrected chi connectivity index (χ0v) is 18.4. The van der Waals surface area contributed by atoms with Crippen LogP contribution in [0.1, 0.15) is 22.5 Å². The third-order valence-electron chi connectivity index (χ3n) is 5.76. The Hall–Kier alpha value is -2.48. The Morgan fingerprint density at radius 3 is 2.57 bits per heavy atom. The van der Waals surface area contributed by atoms with E-state index in [1.165, 1.54) is 5.56 Å². The van der Waals surface area contributed by atoms with Gasteiger partial charge in [-0.2, -0.15) is 0 Å². The molecule has 0 amide bonds. The van der Waals surface area contributed by atoms with Gasteiger partial charge in [-0.1, -0.05) is 17.7 Å². The summed E-state index contributed by atoms with van der Waals surface area (Å²) in [5, 5.41) is 3.66. The fourth-order valence-electron chi connectivity index (χ4n) is 3.97. The number of rotatable bonds is 5. The molecule has 0 spiro atoms. The van der Waals surface area contributed by atoms with E-state index in [2.05, 4.69) is 49.1 Å². The molecule has 7 nitrogen and oxygen atoms in total. The highest BCUT2D eigenvalue weighted by Gasteiger charge is 2.20. The molecule has 0 atom stereocenters. The standard InChI is InChI=1S/C22H27ClN6O/c1-14-16(4-6-18-20(14)27-22(30)15(2)25-18)13-28-8-10-29(11-9-28)19-7-5-17(12-24-3)26-21(19)23/h4-7,24H,8-13H2,1-3H3,(H,27,30). The molecule has 30 heavy (non-hydrogen) atoms. The molecule has 8 heteroatoms. The molecule has 1 saturated heterocycles. The molecular formula is C22H27ClN6O. The molecule has 1 aromatic carbocycles. The van der Waals surface area contributed by atoms with Gasteiger partial charge in [-0.3, -0.25) is 9.69 Å². The van der Waals surface area contributed by atoms with Crippen LogP contribution in [0.2, 0.25) is 5.15 Å². The summed E-state index contributed by atoms with van der Waals surface area (Å²) in [6.07, 6.45) is 0. The molecule has 0 bridgehead atoms. The molecule has 2 N–H and O–H groups in total. The highest BCUT2D eigenvalue weighted by atomic mass is 35.5. The molecule has 0 aliphatic carbocycles. The van der Waals surface area contributed by atoms with Crippen molar-refractivity contribution in [3.8, 4) is 0 Å². The number of pyridine rings is 1. The summed E-state index contributed by atoms with van der Waals surface area (Å²) in [4.78, 5) is 28.6. The van der Waals surface area contributed by atoms with Crippen LogP contribution in [0.3, 0.4) is 0 Å². The number of halogens is 1. The second-order valence-electron chi connectivity index (χ2n) is 7.80. The van der Waals surface area contributed by atoms with Crippen LogP contribution in [0.5, 0.6) is 0 Å². The maximum Gasteiger partial charge on any atom is 0.269 e. The topological polar surface area (TPSA) is 77.1 Å². The van der Waals surface area contributed by atoms with Crippen molar-refractivity contribution in [3.05, 3.63) is 62.3 Å². The molecule has 3 heterocycles. The van der Waals surface area contributed by atoms with Gasteiger partial charge >= 0.3 is 0 Å². The van der Waals surface area contributed by atoms with E-state index < -0.39 is 0 Å². The number of nitrogens with one attached hydrogen (secondary N) is 2. The summed E-state index contributed by atoms with van der Waals surface area (Å²) < 4.78 is 0. The molecular weight excluding hydrogens is 400 g/mol. The first kappa shape index (κ1) is 20.8. The first-order valence-electron chi connectivity index (χ1n) is 10.2. The lowest BCUT2D eigenvalue weighted by Crippen LogP contribution is -2.46. The number of anilines is 1. The average Bonchev–Trinajstić information content (AvgIpc) is 2.73. The van der Waals surface area contributed by atoms with Crippen LogP contribution < -0.4 is 15.8 Å². The lowest BCUT2D eigenvalue weighted by Gasteiger charge is -2.36. The lowest BCUT2D eigenvalue weighted by atomic mass is 10.1. The predicted octanol–water partition coefficient (Wildman–Crippen LogP) is 2.63. The fourth-order valence-corrected chi connectivity index (χ4v) is 4.26. The number of benzene rings is 1. The largest absolute Gasteiger partial charge is 0.366 e. The average molecular weight is 427 g/mol. The van der Waals surface area contributed by atoms with E-state index >= 15 is 0 Å². The number of nitrogens with zero attached hydrogens (tertiary/aromatic N) is 4. The van der Waals surface area contributed by atoms with Crippen molar-refractivity contribution in [2.24, 2.45) is 0 Å². The number of aromatic amines is 1. The van der Waals surface area contributed by atoms with Crippen molar-refractivity contribution in [1.29, 1.82) is 0 Å². The summed E-state index contributed by atoms with van der Waals surface area (Å²) in [7, 11) is 1.90. The van der Waals surface area contributed by atoms with Crippen LogP contribution in [0.15, 0.2) is 29.1 Å². The molecule has 158 valence electrons. The minimum absolute atomic E-state index is 0.123. The minimum atomic E-state index is -0.123. The molecule has 0 unspecified atom stereocenters. The highest BCUT2D eigenvalue weighted by molar-refractivity contribution is 6.32. The maximum absolute atomic E-state index is 12.0. The Bertz CT molecular complexity index is 1120. The quantitative estimate of drug-likeness (QED) is 0.611. The van der Waals surface area contributed by atoms with Gasteiger partial charge in [0.15, 0.2) is 5.15 Å². The normalized spacial score (nSPS) is 15.1. The molecule has 0 saturated carbocycles. The Morgan fingerprint density at radius 1 is 1.10 bits per heavy atom. The molecule has 4 rings (SSSR count). The van der Waals surface area contributed by atoms with E-state index in [1.807, 2.05) is 19.2 Å². The second kappa shape index (κ2) is 8.71. The van der Waals surface area contributed by atoms with E-state index in [4.69, 9.17) is 11.6 Å². The summed E-state index contributed by atoms with van der Waals surface area (Å²) >= 11 is 6.44. The van der Waals surface area contributed by atoms with Crippen molar-refractivity contribution >= 4 is 28.3 Å². The smallest absolute Gasteiger partial charge is 0.269 e. The van der Waals surface area contributed by atoms with Crippen molar-refractivity contribution in [2.75, 3.05) is 38.1 Å². The number of H-pyrrole nitrogens is 1. The first-order chi connectivity index (χ1) is 14.5. The SMILES string of the molecule is CNCc1ccc(N2CCN(Cc3ccc4nc(C)c(=O)[nH]c4c3C)CC2)c(Cl)n1. The van der Waals surface area contributed by atoms with Gasteiger partial charge in [0.1, 0.15) is 5.69 Å². The van der Waals surface area contributed by atoms with Gasteiger partial charge < -0.3 is 15.2 Å². The Balaban J connectivity index is 1.44. The Kier molecular flexibility index (Phi) is 6.04. The molecule has 1 fully saturated rings. The Morgan fingerprint density at radius 2 is 1.87 bits per heavy atom. The summed E-state index contributed by atoms with van der Waals surface area (Å²) in [6.45, 7) is 9.02. The zero-order valence-electron chi connectivity index (χ0n) is 17.6. The lowest BCUT2D eigenvalue weighted by molar-refractivity contribution is 0.249. The van der Waals surface area contributed by atoms with E-state index in [1.54, 1.807) is 6.92 Å². The van der Waals surface area contributed by atoms with Gasteiger partial charge in [0.2, 0.25) is 0 Å². The van der Waals surface area contributed by atoms with E-state index in [0.717, 1.165) is 60.7 Å². The van der Waals surface area contributed by atoms with Crippen LogP contribution in [0.25, 0.3) is 11.0 Å². The van der Waals surface area contributed by atoms with Crippen LogP contribution in [0, 0.1) is 13.8 Å². The maximum atomic E-state index is 12.0. The van der Waals surface area contributed by atoms with Crippen LogP contribution in [-0.4, -0.2) is 53.1 Å². The van der Waals surface area contributed by atoms with Crippen LogP contribution in [-0.2, 0) is 13.1 Å². The molecule has 1 aliphatic rings. The molecule has 3 aromatic rings. The van der Waals surface area contributed by atoms with E-state index in [0.29, 0.717) is 17.4 Å². The highest BCUT2D eigenvalue weighted by Crippen LogP contribution is 2.26. The van der Waals surface area contributed by atoms with Gasteiger partial charge in [0.05, 0.1) is 22.4 Å². The Labute approximate surface area is 181 Å². The number of hydrogen-bond acceptors (Lipinski definition) is 6. The number of aryl methyl sites for hydroxylation is 2. The number of piperazine rings is 1. The first-order valence-corrected chi connectivity index (χ1v) is 10.6. The third kappa shape index (κ3) is 4.19. The van der Waals surface area contributed by atoms with Crippen molar-refractivity contribution in [1.82, 2.24) is 25.2 Å². The van der Waals surface area contributed by atoms with Gasteiger partial charge in [0, 0.05) is 39.3 Å². The second-order valence-corrected chi connectivity index (χ2v) is 8.16. The van der Waals surface area contributed by atoms with Crippen molar-refractivity contribution < 1.29 is 0 Å². The van der Waals surface area contributed by atoms with Gasteiger partial charge in [0.25, 0.3) is 5.56 Å². The molecule has 2 aromatic heterocycles. The minimum Gasteiger partial charge on any atom is -0.366 e. The monoisotopic (exact) mass is 426 g/mol. The summed E-state index contributed by atoms with van der Waals surface area (Å²) in [5.74, 6) is 0. The van der Waals surface area contributed by atoms with Crippen molar-refractivity contribution in [2.45, 2.75) is 26.9 Å². The number of fused-ring (bicyclic) bond motifs is 1. The fraction of sp³-hybridized carbons (Fsp3) is 0.409. The van der Waals surface area contributed by atoms with E-state index in [-0.39, 0.29) is 5.56 Å². The van der Waals surface area contributed by atoms with Crippen molar-refractivity contribution in [3.63, 3.8) is 0 Å². The predicted molar refractivity (Wildman–Crippen MR) is 121 cm³/mol. The van der Waals surface area contributed by atoms with Gasteiger partial charge in [-0.25, -0.2) is 9.97 Å².